The normalized spacial score (nSPS) is 11.3. The smallest absolute Gasteiger partial charge is 0.123 e. The molecule has 214 valence electrons. The lowest BCUT2D eigenvalue weighted by Crippen LogP contribution is -2.19. The molecular weight excluding hydrogens is 518 g/mol. The maximum Gasteiger partial charge on any atom is 0.123 e. The highest BCUT2D eigenvalue weighted by molar-refractivity contribution is 8.76. The van der Waals surface area contributed by atoms with Gasteiger partial charge < -0.3 is 21.3 Å². The van der Waals surface area contributed by atoms with E-state index < -0.39 is 0 Å². The summed E-state index contributed by atoms with van der Waals surface area (Å²) in [6, 6.07) is 13.4. The monoisotopic (exact) mass is 566 g/mol. The van der Waals surface area contributed by atoms with Crippen molar-refractivity contribution in [3.8, 4) is 0 Å². The van der Waals surface area contributed by atoms with Crippen LogP contribution in [0.15, 0.2) is 48.5 Å². The van der Waals surface area contributed by atoms with Crippen LogP contribution in [0.4, 0.5) is 8.78 Å². The molecule has 38 heavy (non-hydrogen) atoms. The van der Waals surface area contributed by atoms with Gasteiger partial charge in [-0.2, -0.15) is 0 Å². The summed E-state index contributed by atoms with van der Waals surface area (Å²) in [6.07, 6.45) is 9.93. The number of nitrogens with one attached hydrogen (secondary N) is 4. The van der Waals surface area contributed by atoms with Crippen LogP contribution in [0.5, 0.6) is 0 Å². The Labute approximate surface area is 237 Å². The van der Waals surface area contributed by atoms with E-state index in [4.69, 9.17) is 0 Å². The second-order valence-corrected chi connectivity index (χ2v) is 12.3. The molecule has 0 aromatic heterocycles. The van der Waals surface area contributed by atoms with Crippen LogP contribution in [0, 0.1) is 11.6 Å². The van der Waals surface area contributed by atoms with Crippen LogP contribution in [0.2, 0.25) is 0 Å². The first-order chi connectivity index (χ1) is 18.7. The van der Waals surface area contributed by atoms with Gasteiger partial charge in [0.25, 0.3) is 0 Å². The van der Waals surface area contributed by atoms with Gasteiger partial charge in [-0.1, -0.05) is 71.5 Å². The number of rotatable bonds is 25. The highest BCUT2D eigenvalue weighted by Gasteiger charge is 1.97. The van der Waals surface area contributed by atoms with Crippen LogP contribution >= 0.6 is 21.6 Å². The Hall–Kier alpha value is -1.16. The Morgan fingerprint density at radius 2 is 0.763 bits per heavy atom. The molecule has 0 aliphatic heterocycles. The van der Waals surface area contributed by atoms with Crippen LogP contribution in [0.25, 0.3) is 0 Å². The molecule has 0 radical (unpaired) electrons. The molecule has 0 amide bonds. The van der Waals surface area contributed by atoms with Gasteiger partial charge in [0.15, 0.2) is 0 Å². The molecule has 8 heteroatoms. The van der Waals surface area contributed by atoms with Crippen molar-refractivity contribution in [2.45, 2.75) is 64.5 Å². The third kappa shape index (κ3) is 19.0. The average Bonchev–Trinajstić information content (AvgIpc) is 2.93. The van der Waals surface area contributed by atoms with E-state index in [0.29, 0.717) is 0 Å². The third-order valence-electron chi connectivity index (χ3n) is 6.21. The average molecular weight is 567 g/mol. The quantitative estimate of drug-likeness (QED) is 0.0810. The minimum Gasteiger partial charge on any atom is -0.316 e. The number of unbranched alkanes of at least 4 members (excludes halogenated alkanes) is 6. The predicted molar refractivity (Wildman–Crippen MR) is 164 cm³/mol. The van der Waals surface area contributed by atoms with Gasteiger partial charge in [-0.3, -0.25) is 0 Å². The summed E-state index contributed by atoms with van der Waals surface area (Å²) < 4.78 is 25.8. The highest BCUT2D eigenvalue weighted by atomic mass is 33.1. The molecule has 0 saturated heterocycles. The van der Waals surface area contributed by atoms with Crippen molar-refractivity contribution < 1.29 is 8.78 Å². The summed E-state index contributed by atoms with van der Waals surface area (Å²) in [5.74, 6) is 1.97. The van der Waals surface area contributed by atoms with Crippen LogP contribution < -0.4 is 21.3 Å². The van der Waals surface area contributed by atoms with Crippen molar-refractivity contribution in [3.05, 3.63) is 71.3 Å². The van der Waals surface area contributed by atoms with E-state index in [1.54, 1.807) is 0 Å². The van der Waals surface area contributed by atoms with Crippen molar-refractivity contribution in [3.63, 3.8) is 0 Å². The van der Waals surface area contributed by atoms with Crippen molar-refractivity contribution in [2.75, 3.05) is 50.8 Å². The highest BCUT2D eigenvalue weighted by Crippen LogP contribution is 2.19. The molecule has 0 unspecified atom stereocenters. The SMILES string of the molecule is Fc1ccc(CNCCCCCCNCCSSCCNCCCCCCNCc2ccc(F)cc2)cc1. The zero-order chi connectivity index (χ0) is 26.9. The fourth-order valence-electron chi connectivity index (χ4n) is 3.97. The van der Waals surface area contributed by atoms with E-state index in [-0.39, 0.29) is 11.6 Å². The molecule has 2 aromatic rings. The van der Waals surface area contributed by atoms with Crippen molar-refractivity contribution >= 4 is 21.6 Å². The second-order valence-electron chi connectivity index (χ2n) is 9.58. The Balaban J connectivity index is 1.19. The Morgan fingerprint density at radius 3 is 1.13 bits per heavy atom. The molecule has 0 aliphatic carbocycles. The van der Waals surface area contributed by atoms with Gasteiger partial charge in [-0.15, -0.1) is 0 Å². The fourth-order valence-corrected chi connectivity index (χ4v) is 5.87. The van der Waals surface area contributed by atoms with E-state index in [9.17, 15) is 8.78 Å². The number of hydrogen-bond donors (Lipinski definition) is 4. The second kappa shape index (κ2) is 23.7. The van der Waals surface area contributed by atoms with Gasteiger partial charge in [-0.25, -0.2) is 8.78 Å². The zero-order valence-corrected chi connectivity index (χ0v) is 24.6. The molecule has 4 nitrogen and oxygen atoms in total. The molecule has 0 spiro atoms. The number of halogens is 2. The zero-order valence-electron chi connectivity index (χ0n) is 22.9. The molecular formula is C30H48F2N4S2. The van der Waals surface area contributed by atoms with Gasteiger partial charge in [0.1, 0.15) is 11.6 Å². The van der Waals surface area contributed by atoms with E-state index in [0.717, 1.165) is 75.0 Å². The van der Waals surface area contributed by atoms with E-state index >= 15 is 0 Å². The molecule has 0 bridgehead atoms. The van der Waals surface area contributed by atoms with Gasteiger partial charge in [0.05, 0.1) is 0 Å². The molecule has 0 heterocycles. The summed E-state index contributed by atoms with van der Waals surface area (Å²) in [6.45, 7) is 8.06. The molecule has 0 aliphatic rings. The Kier molecular flexibility index (Phi) is 20.6. The molecule has 0 saturated carbocycles. The van der Waals surface area contributed by atoms with Gasteiger partial charge in [0.2, 0.25) is 0 Å². The molecule has 0 fully saturated rings. The topological polar surface area (TPSA) is 48.1 Å². The number of hydrogen-bond acceptors (Lipinski definition) is 6. The lowest BCUT2D eigenvalue weighted by molar-refractivity contribution is 0.569. The van der Waals surface area contributed by atoms with Gasteiger partial charge in [-0.05, 0) is 87.3 Å². The van der Waals surface area contributed by atoms with Gasteiger partial charge in [0, 0.05) is 37.7 Å². The number of benzene rings is 2. The first-order valence-electron chi connectivity index (χ1n) is 14.3. The van der Waals surface area contributed by atoms with Crippen LogP contribution in [0.3, 0.4) is 0 Å². The molecule has 0 atom stereocenters. The summed E-state index contributed by atoms with van der Waals surface area (Å²) in [4.78, 5) is 0. The van der Waals surface area contributed by atoms with E-state index in [1.165, 1.54) is 75.6 Å². The summed E-state index contributed by atoms with van der Waals surface area (Å²) in [5.41, 5.74) is 2.27. The Morgan fingerprint density at radius 1 is 0.421 bits per heavy atom. The summed E-state index contributed by atoms with van der Waals surface area (Å²) in [7, 11) is 3.94. The maximum absolute atomic E-state index is 12.9. The van der Waals surface area contributed by atoms with E-state index in [1.807, 2.05) is 45.9 Å². The summed E-state index contributed by atoms with van der Waals surface area (Å²) in [5, 5.41) is 14.0. The van der Waals surface area contributed by atoms with Crippen LogP contribution in [0.1, 0.15) is 62.5 Å². The third-order valence-corrected chi connectivity index (χ3v) is 8.61. The minimum absolute atomic E-state index is 0.174. The standard InChI is InChI=1S/C30H48F2N4S2/c31-29-13-9-27(10-14-29)25-35-19-7-3-1-5-17-33-21-23-37-38-24-22-34-18-6-2-4-8-20-36-26-28-11-15-30(32)16-12-28/h9-16,33-36H,1-8,17-26H2. The fraction of sp³-hybridized carbons (Fsp3) is 0.600. The Bertz CT molecular complexity index is 726. The largest absolute Gasteiger partial charge is 0.316 e. The lowest BCUT2D eigenvalue weighted by Gasteiger charge is -2.07. The molecule has 4 N–H and O–H groups in total. The van der Waals surface area contributed by atoms with Crippen molar-refractivity contribution in [1.29, 1.82) is 0 Å². The first kappa shape index (κ1) is 33.0. The minimum atomic E-state index is -0.174. The first-order valence-corrected chi connectivity index (χ1v) is 16.8. The molecule has 2 rings (SSSR count). The molecule has 2 aromatic carbocycles. The van der Waals surface area contributed by atoms with Crippen LogP contribution in [-0.4, -0.2) is 50.8 Å². The van der Waals surface area contributed by atoms with Crippen LogP contribution in [-0.2, 0) is 13.1 Å². The maximum atomic E-state index is 12.9. The van der Waals surface area contributed by atoms with Gasteiger partial charge >= 0.3 is 0 Å². The lowest BCUT2D eigenvalue weighted by atomic mass is 10.2. The van der Waals surface area contributed by atoms with Crippen molar-refractivity contribution in [2.24, 2.45) is 0 Å². The van der Waals surface area contributed by atoms with Crippen molar-refractivity contribution in [1.82, 2.24) is 21.3 Å². The summed E-state index contributed by atoms with van der Waals surface area (Å²) >= 11 is 0. The predicted octanol–water partition coefficient (Wildman–Crippen LogP) is 6.53. The van der Waals surface area contributed by atoms with E-state index in [2.05, 4.69) is 21.3 Å².